The average molecular weight is 293 g/mol. The molecule has 1 aromatic heterocycles. The van der Waals surface area contributed by atoms with Crippen LogP contribution in [0.5, 0.6) is 5.75 Å². The van der Waals surface area contributed by atoms with Crippen molar-refractivity contribution in [3.05, 3.63) is 36.0 Å². The molecule has 0 saturated carbocycles. The van der Waals surface area contributed by atoms with Crippen molar-refractivity contribution in [2.24, 2.45) is 0 Å². The molecule has 0 unspecified atom stereocenters. The van der Waals surface area contributed by atoms with Gasteiger partial charge < -0.3 is 10.1 Å². The summed E-state index contributed by atoms with van der Waals surface area (Å²) < 4.78 is 29.5. The Kier molecular flexibility index (Phi) is 5.03. The van der Waals surface area contributed by atoms with Crippen molar-refractivity contribution in [1.82, 2.24) is 9.97 Å². The average Bonchev–Trinajstić information content (AvgIpc) is 2.47. The maximum atomic E-state index is 12.5. The zero-order valence-corrected chi connectivity index (χ0v) is 11.9. The molecule has 0 amide bonds. The minimum atomic E-state index is -2.88. The predicted octanol–water partition coefficient (Wildman–Crippen LogP) is 3.74. The second-order valence-electron chi connectivity index (χ2n) is 4.44. The Balaban J connectivity index is 2.47. The molecule has 0 saturated heterocycles. The Morgan fingerprint density at radius 3 is 2.67 bits per heavy atom. The number of rotatable bonds is 6. The summed E-state index contributed by atoms with van der Waals surface area (Å²) >= 11 is 0. The number of halogens is 2. The summed E-state index contributed by atoms with van der Waals surface area (Å²) in [5.41, 5.74) is 1.31. The maximum absolute atomic E-state index is 12.5. The van der Waals surface area contributed by atoms with Crippen LogP contribution in [0, 0.1) is 0 Å². The Bertz CT molecular complexity index is 605. The standard InChI is InChI=1S/C15H17F2N3O/c1-3-6-10-9-13(18-2)20-14(19-10)11-7-4-5-8-12(11)21-15(16)17/h4-5,7-9,15H,3,6H2,1-2H3,(H,18,19,20). The van der Waals surface area contributed by atoms with Crippen molar-refractivity contribution >= 4 is 5.82 Å². The van der Waals surface area contributed by atoms with Crippen molar-refractivity contribution in [2.45, 2.75) is 26.4 Å². The summed E-state index contributed by atoms with van der Waals surface area (Å²) in [6, 6.07) is 8.38. The van der Waals surface area contributed by atoms with E-state index < -0.39 is 6.61 Å². The van der Waals surface area contributed by atoms with Crippen molar-refractivity contribution in [3.8, 4) is 17.1 Å². The summed E-state index contributed by atoms with van der Waals surface area (Å²) in [6.07, 6.45) is 1.73. The molecule has 4 nitrogen and oxygen atoms in total. The molecule has 1 N–H and O–H groups in total. The molecular formula is C15H17F2N3O. The highest BCUT2D eigenvalue weighted by Gasteiger charge is 2.14. The van der Waals surface area contributed by atoms with E-state index >= 15 is 0 Å². The molecule has 0 aliphatic heterocycles. The van der Waals surface area contributed by atoms with Crippen molar-refractivity contribution in [3.63, 3.8) is 0 Å². The van der Waals surface area contributed by atoms with Gasteiger partial charge in [0.25, 0.3) is 0 Å². The first-order valence-electron chi connectivity index (χ1n) is 6.74. The minimum Gasteiger partial charge on any atom is -0.434 e. The van der Waals surface area contributed by atoms with Gasteiger partial charge in [-0.15, -0.1) is 0 Å². The topological polar surface area (TPSA) is 47.0 Å². The number of nitrogens with zero attached hydrogens (tertiary/aromatic N) is 2. The van der Waals surface area contributed by atoms with Gasteiger partial charge in [-0.05, 0) is 18.6 Å². The van der Waals surface area contributed by atoms with Crippen LogP contribution >= 0.6 is 0 Å². The number of aryl methyl sites for hydroxylation is 1. The van der Waals surface area contributed by atoms with Gasteiger partial charge in [0.05, 0.1) is 5.56 Å². The van der Waals surface area contributed by atoms with Crippen LogP contribution in [0.25, 0.3) is 11.4 Å². The molecule has 0 aliphatic rings. The number of ether oxygens (including phenoxy) is 1. The zero-order chi connectivity index (χ0) is 15.2. The Labute approximate surface area is 122 Å². The third kappa shape index (κ3) is 3.87. The number of anilines is 1. The monoisotopic (exact) mass is 293 g/mol. The molecule has 0 spiro atoms. The fourth-order valence-corrected chi connectivity index (χ4v) is 1.98. The minimum absolute atomic E-state index is 0.0724. The highest BCUT2D eigenvalue weighted by atomic mass is 19.3. The van der Waals surface area contributed by atoms with Crippen molar-refractivity contribution in [1.29, 1.82) is 0 Å². The van der Waals surface area contributed by atoms with E-state index in [9.17, 15) is 8.78 Å². The molecule has 2 aromatic rings. The highest BCUT2D eigenvalue weighted by Crippen LogP contribution is 2.29. The second kappa shape index (κ2) is 6.97. The van der Waals surface area contributed by atoms with Crippen LogP contribution in [0.4, 0.5) is 14.6 Å². The lowest BCUT2D eigenvalue weighted by atomic mass is 10.1. The molecule has 112 valence electrons. The van der Waals surface area contributed by atoms with Crippen LogP contribution in [0.1, 0.15) is 19.0 Å². The summed E-state index contributed by atoms with van der Waals surface area (Å²) in [7, 11) is 1.75. The molecular weight excluding hydrogens is 276 g/mol. The zero-order valence-electron chi connectivity index (χ0n) is 11.9. The van der Waals surface area contributed by atoms with Gasteiger partial charge >= 0.3 is 6.61 Å². The number of nitrogens with one attached hydrogen (secondary N) is 1. The van der Waals surface area contributed by atoms with Gasteiger partial charge in [-0.1, -0.05) is 25.5 Å². The first-order valence-corrected chi connectivity index (χ1v) is 6.74. The van der Waals surface area contributed by atoms with E-state index in [0.717, 1.165) is 18.5 Å². The molecule has 6 heteroatoms. The van der Waals surface area contributed by atoms with Crippen LogP contribution in [0.3, 0.4) is 0 Å². The lowest BCUT2D eigenvalue weighted by Gasteiger charge is -2.11. The highest BCUT2D eigenvalue weighted by molar-refractivity contribution is 5.65. The van der Waals surface area contributed by atoms with Crippen LogP contribution in [-0.4, -0.2) is 23.6 Å². The molecule has 21 heavy (non-hydrogen) atoms. The molecule has 0 aliphatic carbocycles. The number of benzene rings is 1. The SMILES string of the molecule is CCCc1cc(NC)nc(-c2ccccc2OC(F)F)n1. The molecule has 1 aromatic carbocycles. The summed E-state index contributed by atoms with van der Waals surface area (Å²) in [4.78, 5) is 8.76. The van der Waals surface area contributed by atoms with Gasteiger partial charge in [-0.2, -0.15) is 8.78 Å². The third-order valence-corrected chi connectivity index (χ3v) is 2.89. The van der Waals surface area contributed by atoms with Crippen molar-refractivity contribution in [2.75, 3.05) is 12.4 Å². The quantitative estimate of drug-likeness (QED) is 0.881. The van der Waals surface area contributed by atoms with Crippen LogP contribution in [0.15, 0.2) is 30.3 Å². The van der Waals surface area contributed by atoms with E-state index in [-0.39, 0.29) is 5.75 Å². The molecule has 0 radical (unpaired) electrons. The first kappa shape index (κ1) is 15.2. The lowest BCUT2D eigenvalue weighted by Crippen LogP contribution is -2.05. The van der Waals surface area contributed by atoms with E-state index in [0.29, 0.717) is 17.2 Å². The third-order valence-electron chi connectivity index (χ3n) is 2.89. The normalized spacial score (nSPS) is 10.7. The fourth-order valence-electron chi connectivity index (χ4n) is 1.98. The number of alkyl halides is 2. The predicted molar refractivity (Wildman–Crippen MR) is 77.6 cm³/mol. The van der Waals surface area contributed by atoms with Crippen LogP contribution in [-0.2, 0) is 6.42 Å². The van der Waals surface area contributed by atoms with E-state index in [2.05, 4.69) is 26.9 Å². The first-order chi connectivity index (χ1) is 10.1. The number of para-hydroxylation sites is 1. The summed E-state index contributed by atoms with van der Waals surface area (Å²) in [5.74, 6) is 1.10. The molecule has 0 fully saturated rings. The molecule has 1 heterocycles. The van der Waals surface area contributed by atoms with Gasteiger partial charge in [0.1, 0.15) is 11.6 Å². The summed E-state index contributed by atoms with van der Waals surface area (Å²) in [5, 5.41) is 2.96. The van der Waals surface area contributed by atoms with Crippen LogP contribution in [0.2, 0.25) is 0 Å². The number of aromatic nitrogens is 2. The van der Waals surface area contributed by atoms with E-state index in [4.69, 9.17) is 0 Å². The van der Waals surface area contributed by atoms with Crippen LogP contribution < -0.4 is 10.1 Å². The maximum Gasteiger partial charge on any atom is 0.387 e. The van der Waals surface area contributed by atoms with Gasteiger partial charge in [0.2, 0.25) is 0 Å². The van der Waals surface area contributed by atoms with E-state index in [1.807, 2.05) is 6.07 Å². The largest absolute Gasteiger partial charge is 0.434 e. The van der Waals surface area contributed by atoms with E-state index in [1.54, 1.807) is 25.2 Å². The summed E-state index contributed by atoms with van der Waals surface area (Å²) in [6.45, 7) is -0.831. The Morgan fingerprint density at radius 1 is 1.24 bits per heavy atom. The van der Waals surface area contributed by atoms with Gasteiger partial charge in [-0.3, -0.25) is 0 Å². The second-order valence-corrected chi connectivity index (χ2v) is 4.44. The Hall–Kier alpha value is -2.24. The van der Waals surface area contributed by atoms with Crippen molar-refractivity contribution < 1.29 is 13.5 Å². The smallest absolute Gasteiger partial charge is 0.387 e. The molecule has 2 rings (SSSR count). The fraction of sp³-hybridized carbons (Fsp3) is 0.333. The number of hydrogen-bond acceptors (Lipinski definition) is 4. The van der Waals surface area contributed by atoms with E-state index in [1.165, 1.54) is 6.07 Å². The lowest BCUT2D eigenvalue weighted by molar-refractivity contribution is -0.0494. The van der Waals surface area contributed by atoms with Gasteiger partial charge in [0, 0.05) is 18.8 Å². The molecule has 0 bridgehead atoms. The van der Waals surface area contributed by atoms with Gasteiger partial charge in [-0.25, -0.2) is 9.97 Å². The molecule has 0 atom stereocenters. The Morgan fingerprint density at radius 2 is 2.00 bits per heavy atom. The number of hydrogen-bond donors (Lipinski definition) is 1. The van der Waals surface area contributed by atoms with Gasteiger partial charge in [0.15, 0.2) is 5.82 Å².